The first kappa shape index (κ1) is 19.7. The number of alkyl carbamates (subject to hydrolysis) is 1. The van der Waals surface area contributed by atoms with E-state index in [1.807, 2.05) is 0 Å². The van der Waals surface area contributed by atoms with E-state index in [0.29, 0.717) is 12.6 Å². The summed E-state index contributed by atoms with van der Waals surface area (Å²) in [4.78, 5) is 11.7. The molecular formula is C15H31BrN2O2. The third-order valence-corrected chi connectivity index (χ3v) is 4.74. The third kappa shape index (κ3) is 6.44. The molecule has 0 aromatic carbocycles. The molecule has 4 nitrogen and oxygen atoms in total. The van der Waals surface area contributed by atoms with Crippen molar-refractivity contribution in [2.24, 2.45) is 0 Å². The van der Waals surface area contributed by atoms with Gasteiger partial charge in [-0.3, -0.25) is 0 Å². The fraction of sp³-hybridized carbons (Fsp3) is 0.933. The summed E-state index contributed by atoms with van der Waals surface area (Å²) >= 11 is 0. The maximum Gasteiger partial charge on any atom is 0.407 e. The average molecular weight is 351 g/mol. The number of carbonyl (C=O) groups is 1. The number of nitrogens with zero attached hydrogens (tertiary/aromatic N) is 1. The Morgan fingerprint density at radius 1 is 1.10 bits per heavy atom. The van der Waals surface area contributed by atoms with Gasteiger partial charge in [0.15, 0.2) is 0 Å². The molecule has 1 saturated carbocycles. The molecule has 0 aromatic heterocycles. The van der Waals surface area contributed by atoms with Crippen LogP contribution in [-0.4, -0.2) is 49.4 Å². The van der Waals surface area contributed by atoms with E-state index in [-0.39, 0.29) is 23.1 Å². The largest absolute Gasteiger partial charge is 1.00 e. The highest BCUT2D eigenvalue weighted by atomic mass is 79.9. The molecule has 1 aliphatic carbocycles. The summed E-state index contributed by atoms with van der Waals surface area (Å²) in [6, 6.07) is 0.337. The fourth-order valence-electron chi connectivity index (χ4n) is 2.93. The van der Waals surface area contributed by atoms with Crippen molar-refractivity contribution in [3.05, 3.63) is 0 Å². The van der Waals surface area contributed by atoms with Gasteiger partial charge in [0.2, 0.25) is 0 Å². The van der Waals surface area contributed by atoms with Crippen LogP contribution in [0.25, 0.3) is 0 Å². The van der Waals surface area contributed by atoms with Crippen molar-refractivity contribution in [2.75, 3.05) is 32.8 Å². The van der Waals surface area contributed by atoms with Crippen LogP contribution >= 0.6 is 0 Å². The van der Waals surface area contributed by atoms with Crippen molar-refractivity contribution in [2.45, 2.75) is 58.9 Å². The van der Waals surface area contributed by atoms with Gasteiger partial charge in [0.25, 0.3) is 0 Å². The van der Waals surface area contributed by atoms with Crippen LogP contribution in [0.3, 0.4) is 0 Å². The lowest BCUT2D eigenvalue weighted by Gasteiger charge is -2.35. The van der Waals surface area contributed by atoms with Crippen molar-refractivity contribution in [3.8, 4) is 0 Å². The van der Waals surface area contributed by atoms with Gasteiger partial charge in [-0.15, -0.1) is 0 Å². The second-order valence-electron chi connectivity index (χ2n) is 5.63. The quantitative estimate of drug-likeness (QED) is 0.652. The number of carbonyl (C=O) groups excluding carboxylic acids is 1. The Morgan fingerprint density at radius 3 is 2.15 bits per heavy atom. The highest BCUT2D eigenvalue weighted by Crippen LogP contribution is 2.17. The molecule has 0 radical (unpaired) electrons. The molecule has 20 heavy (non-hydrogen) atoms. The number of nitrogens with one attached hydrogen (secondary N) is 1. The minimum absolute atomic E-state index is 0. The number of hydrogen-bond acceptors (Lipinski definition) is 2. The van der Waals surface area contributed by atoms with Crippen LogP contribution in [-0.2, 0) is 4.74 Å². The first-order valence-corrected chi connectivity index (χ1v) is 7.94. The predicted octanol–water partition coefficient (Wildman–Crippen LogP) is -0.0742. The summed E-state index contributed by atoms with van der Waals surface area (Å²) < 4.78 is 6.36. The van der Waals surface area contributed by atoms with Crippen molar-refractivity contribution in [1.29, 1.82) is 0 Å². The highest BCUT2D eigenvalue weighted by molar-refractivity contribution is 5.67. The minimum atomic E-state index is -0.228. The number of halogens is 1. The van der Waals surface area contributed by atoms with Gasteiger partial charge in [-0.05, 0) is 33.6 Å². The van der Waals surface area contributed by atoms with E-state index in [1.165, 1.54) is 19.3 Å². The molecule has 0 bridgehead atoms. The van der Waals surface area contributed by atoms with Crippen LogP contribution in [0.5, 0.6) is 0 Å². The molecule has 0 heterocycles. The molecule has 5 heteroatoms. The van der Waals surface area contributed by atoms with E-state index < -0.39 is 0 Å². The molecule has 1 rings (SSSR count). The topological polar surface area (TPSA) is 38.3 Å². The average Bonchev–Trinajstić information content (AvgIpc) is 2.45. The molecule has 0 atom stereocenters. The number of quaternary nitrogens is 1. The molecule has 1 fully saturated rings. The number of rotatable bonds is 7. The molecule has 120 valence electrons. The summed E-state index contributed by atoms with van der Waals surface area (Å²) in [5, 5.41) is 2.99. The molecule has 1 N–H and O–H groups in total. The van der Waals surface area contributed by atoms with E-state index in [1.54, 1.807) is 0 Å². The number of likely N-dealkylation sites (N-methyl/N-ethyl adjacent to an activating group) is 1. The van der Waals surface area contributed by atoms with Crippen LogP contribution in [0.1, 0.15) is 52.9 Å². The lowest BCUT2D eigenvalue weighted by atomic mass is 9.96. The maximum atomic E-state index is 11.7. The number of hydrogen-bond donors (Lipinski definition) is 1. The molecule has 0 aliphatic heterocycles. The normalized spacial score (nSPS) is 16.4. The summed E-state index contributed by atoms with van der Waals surface area (Å²) in [5.74, 6) is 0. The fourth-order valence-corrected chi connectivity index (χ4v) is 2.93. The highest BCUT2D eigenvalue weighted by Gasteiger charge is 2.21. The van der Waals surface area contributed by atoms with Crippen molar-refractivity contribution in [3.63, 3.8) is 0 Å². The Hall–Kier alpha value is -0.290. The van der Waals surface area contributed by atoms with E-state index in [9.17, 15) is 4.79 Å². The molecule has 0 unspecified atom stereocenters. The van der Waals surface area contributed by atoms with Crippen molar-refractivity contribution < 1.29 is 31.0 Å². The van der Waals surface area contributed by atoms with Crippen molar-refractivity contribution in [1.82, 2.24) is 5.32 Å². The third-order valence-electron chi connectivity index (χ3n) is 4.74. The summed E-state index contributed by atoms with van der Waals surface area (Å²) in [6.07, 6.45) is 5.74. The van der Waals surface area contributed by atoms with Gasteiger partial charge in [-0.1, -0.05) is 19.3 Å². The van der Waals surface area contributed by atoms with E-state index in [4.69, 9.17) is 4.74 Å². The number of ether oxygens (including phenoxy) is 1. The Bertz CT molecular complexity index is 256. The van der Waals surface area contributed by atoms with Gasteiger partial charge in [0.05, 0.1) is 19.6 Å². The Morgan fingerprint density at radius 2 is 1.65 bits per heavy atom. The lowest BCUT2D eigenvalue weighted by Crippen LogP contribution is -3.00. The zero-order valence-corrected chi connectivity index (χ0v) is 14.9. The molecule has 0 saturated heterocycles. The molecule has 1 amide bonds. The summed E-state index contributed by atoms with van der Waals surface area (Å²) in [5.41, 5.74) is 0. The maximum absolute atomic E-state index is 11.7. The van der Waals surface area contributed by atoms with E-state index in [0.717, 1.165) is 43.5 Å². The van der Waals surface area contributed by atoms with Gasteiger partial charge >= 0.3 is 6.09 Å². The van der Waals surface area contributed by atoms with E-state index >= 15 is 0 Å². The van der Waals surface area contributed by atoms with Gasteiger partial charge in [0, 0.05) is 6.04 Å². The van der Waals surface area contributed by atoms with Gasteiger partial charge in [-0.2, -0.15) is 0 Å². The minimum Gasteiger partial charge on any atom is -1.00 e. The standard InChI is InChI=1S/C15H30N2O2.BrH/c1-4-17(5-2,6-3)12-13-19-15(18)16-14-10-8-7-9-11-14;/h14H,4-13H2,1-3H3;1H. The Balaban J connectivity index is 0.00000361. The second-order valence-corrected chi connectivity index (χ2v) is 5.63. The van der Waals surface area contributed by atoms with E-state index in [2.05, 4.69) is 26.1 Å². The summed E-state index contributed by atoms with van der Waals surface area (Å²) in [6.45, 7) is 11.3. The van der Waals surface area contributed by atoms with Gasteiger partial charge < -0.3 is 31.5 Å². The smallest absolute Gasteiger partial charge is 0.407 e. The zero-order valence-electron chi connectivity index (χ0n) is 13.3. The van der Waals surface area contributed by atoms with Gasteiger partial charge in [-0.25, -0.2) is 4.79 Å². The van der Waals surface area contributed by atoms with Crippen LogP contribution in [0.15, 0.2) is 0 Å². The predicted molar refractivity (Wildman–Crippen MR) is 78.1 cm³/mol. The molecule has 1 aliphatic rings. The van der Waals surface area contributed by atoms with Gasteiger partial charge in [0.1, 0.15) is 13.2 Å². The van der Waals surface area contributed by atoms with Crippen LogP contribution in [0.2, 0.25) is 0 Å². The molecule has 0 spiro atoms. The molecular weight excluding hydrogens is 320 g/mol. The van der Waals surface area contributed by atoms with Crippen LogP contribution in [0, 0.1) is 0 Å². The monoisotopic (exact) mass is 350 g/mol. The Kier molecular flexibility index (Phi) is 10.3. The molecule has 0 aromatic rings. The first-order chi connectivity index (χ1) is 9.15. The summed E-state index contributed by atoms with van der Waals surface area (Å²) in [7, 11) is 0. The number of amides is 1. The second kappa shape index (κ2) is 10.4. The zero-order chi connectivity index (χ0) is 14.1. The van der Waals surface area contributed by atoms with Crippen LogP contribution in [0.4, 0.5) is 4.79 Å². The first-order valence-electron chi connectivity index (χ1n) is 7.94. The Labute approximate surface area is 134 Å². The van der Waals surface area contributed by atoms with Crippen LogP contribution < -0.4 is 22.3 Å². The SMILES string of the molecule is CC[N+](CC)(CC)CCOC(=O)NC1CCCCC1.[Br-]. The van der Waals surface area contributed by atoms with Crippen molar-refractivity contribution >= 4 is 6.09 Å². The lowest BCUT2D eigenvalue weighted by molar-refractivity contribution is -0.923.